The molecule has 0 radical (unpaired) electrons. The van der Waals surface area contributed by atoms with Crippen molar-refractivity contribution in [2.45, 2.75) is 353 Å². The summed E-state index contributed by atoms with van der Waals surface area (Å²) in [5.41, 5.74) is 0. The summed E-state index contributed by atoms with van der Waals surface area (Å²) in [5.74, 6) is -24.3. The number of carbonyl (C=O) groups excluding carboxylic acids is 20. The fourth-order valence-corrected chi connectivity index (χ4v) is 15.9. The van der Waals surface area contributed by atoms with Gasteiger partial charge < -0.3 is 166 Å². The van der Waals surface area contributed by atoms with Gasteiger partial charge in [-0.25, -0.2) is 0 Å². The molecule has 55 nitrogen and oxygen atoms in total. The number of hydrogen-bond acceptors (Lipinski definition) is 55. The molecular weight excluding hydrogens is 1880 g/mol. The first-order valence-corrected chi connectivity index (χ1v) is 42.7. The number of carbonyl (C=O) groups is 20. The zero-order valence-corrected chi connectivity index (χ0v) is 78.6. The summed E-state index contributed by atoms with van der Waals surface area (Å²) in [4.78, 5) is 273. The van der Waals surface area contributed by atoms with Crippen LogP contribution in [0.3, 0.4) is 0 Å². The summed E-state index contributed by atoms with van der Waals surface area (Å²) < 4.78 is 215. The number of hydrogen-bond donors (Lipinski definition) is 0. The van der Waals surface area contributed by atoms with E-state index in [2.05, 4.69) is 0 Å². The average molecular weight is 1990 g/mol. The van der Waals surface area contributed by atoms with Crippen LogP contribution in [0.4, 0.5) is 0 Å². The van der Waals surface area contributed by atoms with E-state index in [1.807, 2.05) is 0 Å². The third kappa shape index (κ3) is 31.7. The highest BCUT2D eigenvalue weighted by Gasteiger charge is 2.66. The summed E-state index contributed by atoms with van der Waals surface area (Å²) in [5, 5.41) is 0. The largest absolute Gasteiger partial charge is 0.463 e. The predicted octanol–water partition coefficient (Wildman–Crippen LogP) is -3.16. The van der Waals surface area contributed by atoms with E-state index in [4.69, 9.17) is 166 Å². The zero-order chi connectivity index (χ0) is 102. The molecule has 21 heterocycles. The maximum atomic E-state index is 13.9. The molecule has 21 fully saturated rings. The van der Waals surface area contributed by atoms with Crippen LogP contribution in [-0.4, -0.2) is 388 Å². The average Bonchev–Trinajstić information content (AvgIpc) is 0.770. The standard InChI is InChI=1S/C83H112O55/c1-29(84)105-22-49-56-63(104-21)70(118-42(14)97)77(125-49)133-57-50(23-106-30(2)85)127-79(72(120-44(16)99)64(57)112-36(8)91)135-59-52(25-108-32(4)87)129-81(74(122-46(18)101)66(59)114-38(10)93)137-61-54(27-110-34(6)89)131-83(76(124-48(20)103)68(61)116-40(12)95)138-62-55(28-111-35(7)90)130-82(75(123-47(19)102)69(62)117-41(13)96)136-60-53(26-109-33(5)88)128-80(73(121-45(17)100)67(60)115-39(11)94)134-58-51(24-107-31(3)86)126-78(132-56)71(119-43(15)98)65(58)113-37(9)92/h49-83H,22-28H2,1-21H3. The Morgan fingerprint density at radius 3 is 0.348 bits per heavy atom. The summed E-state index contributed by atoms with van der Waals surface area (Å²) >= 11 is 0. The minimum Gasteiger partial charge on any atom is -0.463 e. The van der Waals surface area contributed by atoms with Gasteiger partial charge in [-0.1, -0.05) is 0 Å². The molecule has 21 aliphatic heterocycles. The Hall–Kier alpha value is -11.2. The predicted molar refractivity (Wildman–Crippen MR) is 424 cm³/mol. The van der Waals surface area contributed by atoms with Gasteiger partial charge in [0.15, 0.2) is 123 Å². The molecule has 21 aliphatic rings. The van der Waals surface area contributed by atoms with Gasteiger partial charge in [0, 0.05) is 146 Å². The Kier molecular flexibility index (Phi) is 41.5. The Morgan fingerprint density at radius 2 is 0.246 bits per heavy atom. The Morgan fingerprint density at radius 1 is 0.145 bits per heavy atom. The number of methoxy groups -OCH3 is 1. The number of ether oxygens (including phenoxy) is 35. The first-order valence-electron chi connectivity index (χ1n) is 42.7. The maximum absolute atomic E-state index is 13.9. The molecule has 0 spiro atoms. The van der Waals surface area contributed by atoms with Crippen molar-refractivity contribution in [2.75, 3.05) is 53.4 Å². The zero-order valence-electron chi connectivity index (χ0n) is 78.6. The molecule has 21 rings (SSSR count). The second kappa shape index (κ2) is 51.1. The SMILES string of the molecule is COC1C2OC3OC(COC(C)=O)C(OC4OC(COC(C)=O)C(OC5OC(COC(C)=O)C(OC6OC(COC(C)=O)C(OC7OC(COC(C)=O)C(OC8OC(COC(C)=O)C(OC(OC2COC(C)=O)C1OC(C)=O)C(OC(C)=O)C8OC(C)=O)C(OC(C)=O)C7OC(C)=O)C(OC(C)=O)C6OC(C)=O)C(OC(C)=O)C5OC(C)=O)C(OC(C)=O)C4OC(C)=O)C(OC(C)=O)C3OC(C)=O. The third-order valence-corrected chi connectivity index (χ3v) is 20.5. The fraction of sp³-hybridized carbons (Fsp3) is 0.759. The van der Waals surface area contributed by atoms with Crippen LogP contribution in [0.25, 0.3) is 0 Å². The number of rotatable bonds is 28. The van der Waals surface area contributed by atoms with Crippen LogP contribution in [0, 0.1) is 0 Å². The molecule has 0 aromatic carbocycles. The molecule has 0 aliphatic carbocycles. The van der Waals surface area contributed by atoms with E-state index in [1.165, 1.54) is 0 Å². The van der Waals surface area contributed by atoms with Crippen molar-refractivity contribution in [3.63, 3.8) is 0 Å². The molecule has 55 heteroatoms. The smallest absolute Gasteiger partial charge is 0.303 e. The lowest BCUT2D eigenvalue weighted by atomic mass is 9.94. The molecule has 21 saturated heterocycles. The van der Waals surface area contributed by atoms with Crippen molar-refractivity contribution in [3.05, 3.63) is 0 Å². The van der Waals surface area contributed by atoms with Crippen molar-refractivity contribution in [1.82, 2.24) is 0 Å². The second-order valence-corrected chi connectivity index (χ2v) is 31.8. The van der Waals surface area contributed by atoms with Crippen LogP contribution < -0.4 is 0 Å². The molecule has 0 aromatic heterocycles. The van der Waals surface area contributed by atoms with Crippen LogP contribution in [-0.2, 0) is 262 Å². The van der Waals surface area contributed by atoms with E-state index in [0.717, 1.165) is 146 Å². The van der Waals surface area contributed by atoms with Crippen molar-refractivity contribution in [1.29, 1.82) is 0 Å². The molecule has 0 aromatic rings. The Bertz CT molecular complexity index is 4220. The van der Waals surface area contributed by atoms with E-state index < -0.39 is 381 Å². The fourth-order valence-electron chi connectivity index (χ4n) is 15.9. The van der Waals surface area contributed by atoms with E-state index in [0.29, 0.717) is 0 Å². The summed E-state index contributed by atoms with van der Waals surface area (Å²) in [6, 6.07) is 0. The van der Waals surface area contributed by atoms with Gasteiger partial charge in [-0.3, -0.25) is 95.9 Å². The van der Waals surface area contributed by atoms with E-state index in [1.54, 1.807) is 0 Å². The Balaban J connectivity index is 1.50. The van der Waals surface area contributed by atoms with Crippen LogP contribution in [0.15, 0.2) is 0 Å². The van der Waals surface area contributed by atoms with Gasteiger partial charge in [-0.15, -0.1) is 0 Å². The van der Waals surface area contributed by atoms with Gasteiger partial charge in [0.25, 0.3) is 0 Å². The molecular formula is C83H112O55. The topological polar surface area (TPSA) is 664 Å². The van der Waals surface area contributed by atoms with Crippen molar-refractivity contribution < 1.29 is 262 Å². The van der Waals surface area contributed by atoms with Crippen LogP contribution in [0.1, 0.15) is 138 Å². The van der Waals surface area contributed by atoms with Crippen LogP contribution in [0.2, 0.25) is 0 Å². The normalized spacial score (nSPS) is 35.0. The maximum Gasteiger partial charge on any atom is 0.303 e. The lowest BCUT2D eigenvalue weighted by molar-refractivity contribution is -0.397. The van der Waals surface area contributed by atoms with Crippen molar-refractivity contribution >= 4 is 119 Å². The second-order valence-electron chi connectivity index (χ2n) is 31.8. The highest BCUT2D eigenvalue weighted by atomic mass is 16.8. The lowest BCUT2D eigenvalue weighted by Gasteiger charge is -2.52. The van der Waals surface area contributed by atoms with Gasteiger partial charge >= 0.3 is 119 Å². The first-order chi connectivity index (χ1) is 64.8. The highest BCUT2D eigenvalue weighted by Crippen LogP contribution is 2.45. The monoisotopic (exact) mass is 1990 g/mol. The molecule has 14 bridgehead atoms. The first kappa shape index (κ1) is 112. The van der Waals surface area contributed by atoms with E-state index in [-0.39, 0.29) is 0 Å². The highest BCUT2D eigenvalue weighted by molar-refractivity contribution is 5.73. The summed E-state index contributed by atoms with van der Waals surface area (Å²) in [6.07, 6.45) is -79.0. The summed E-state index contributed by atoms with van der Waals surface area (Å²) in [7, 11) is 0.980. The number of esters is 20. The molecule has 0 saturated carbocycles. The lowest BCUT2D eigenvalue weighted by Crippen LogP contribution is -2.70. The van der Waals surface area contributed by atoms with Gasteiger partial charge in [0.1, 0.15) is 138 Å². The van der Waals surface area contributed by atoms with Gasteiger partial charge in [-0.05, 0) is 0 Å². The van der Waals surface area contributed by atoms with Crippen molar-refractivity contribution in [2.24, 2.45) is 0 Å². The quantitative estimate of drug-likeness (QED) is 0.0551. The molecule has 0 N–H and O–H groups in total. The molecule has 0 amide bonds. The van der Waals surface area contributed by atoms with E-state index >= 15 is 0 Å². The van der Waals surface area contributed by atoms with Crippen LogP contribution in [0.5, 0.6) is 0 Å². The third-order valence-electron chi connectivity index (χ3n) is 20.5. The molecule has 35 unspecified atom stereocenters. The molecule has 35 atom stereocenters. The van der Waals surface area contributed by atoms with Gasteiger partial charge in [-0.2, -0.15) is 0 Å². The summed E-state index contributed by atoms with van der Waals surface area (Å²) in [6.45, 7) is 9.40. The van der Waals surface area contributed by atoms with Crippen LogP contribution >= 0.6 is 0 Å². The molecule has 138 heavy (non-hydrogen) atoms. The Labute approximate surface area is 785 Å². The van der Waals surface area contributed by atoms with E-state index in [9.17, 15) is 95.9 Å². The van der Waals surface area contributed by atoms with Gasteiger partial charge in [0.05, 0.1) is 0 Å². The molecule has 774 valence electrons. The minimum atomic E-state index is -2.45. The van der Waals surface area contributed by atoms with Gasteiger partial charge in [0.2, 0.25) is 0 Å². The van der Waals surface area contributed by atoms with Crippen molar-refractivity contribution in [3.8, 4) is 0 Å². The minimum absolute atomic E-state index is 0.800.